The molecule has 5 heteroatoms. The highest BCUT2D eigenvalue weighted by Crippen LogP contribution is 2.26. The van der Waals surface area contributed by atoms with Crippen LogP contribution in [-0.4, -0.2) is 60.9 Å². The Bertz CT molecular complexity index is 859. The molecule has 0 spiro atoms. The normalized spacial score (nSPS) is 18.7. The highest BCUT2D eigenvalue weighted by molar-refractivity contribution is 5.57. The summed E-state index contributed by atoms with van der Waals surface area (Å²) in [4.78, 5) is 4.85. The van der Waals surface area contributed by atoms with Crippen molar-refractivity contribution in [2.24, 2.45) is 0 Å². The van der Waals surface area contributed by atoms with Gasteiger partial charge in [-0.3, -0.25) is 9.80 Å². The van der Waals surface area contributed by atoms with E-state index in [-0.39, 0.29) is 6.10 Å². The van der Waals surface area contributed by atoms with E-state index in [4.69, 9.17) is 9.47 Å². The topological polar surface area (TPSA) is 45.2 Å². The lowest BCUT2D eigenvalue weighted by Gasteiger charge is -2.29. The van der Waals surface area contributed by atoms with Crippen molar-refractivity contribution in [1.82, 2.24) is 9.80 Å². The van der Waals surface area contributed by atoms with Crippen molar-refractivity contribution in [3.8, 4) is 11.5 Å². The fraction of sp³-hybridized carbons (Fsp3) is 0.440. The predicted octanol–water partition coefficient (Wildman–Crippen LogP) is 3.56. The molecule has 4 rings (SSSR count). The minimum atomic E-state index is -0.126. The average Bonchev–Trinajstić information content (AvgIpc) is 2.97. The number of aliphatic hydroxyl groups is 1. The summed E-state index contributed by atoms with van der Waals surface area (Å²) in [6, 6.07) is 14.7. The van der Waals surface area contributed by atoms with E-state index < -0.39 is 0 Å². The fourth-order valence-corrected chi connectivity index (χ4v) is 4.22. The zero-order valence-electron chi connectivity index (χ0n) is 17.8. The quantitative estimate of drug-likeness (QED) is 0.792. The third-order valence-corrected chi connectivity index (χ3v) is 5.95. The van der Waals surface area contributed by atoms with Crippen molar-refractivity contribution in [2.45, 2.75) is 32.0 Å². The zero-order chi connectivity index (χ0) is 20.8. The molecular formula is C25H32N2O3. The van der Waals surface area contributed by atoms with Gasteiger partial charge in [0.05, 0.1) is 13.2 Å². The van der Waals surface area contributed by atoms with Gasteiger partial charge < -0.3 is 14.6 Å². The lowest BCUT2D eigenvalue weighted by molar-refractivity contribution is 0.0792. The first-order chi connectivity index (χ1) is 14.7. The van der Waals surface area contributed by atoms with Crippen molar-refractivity contribution in [2.75, 3.05) is 39.9 Å². The number of hydrogen-bond donors (Lipinski definition) is 1. The SMILES string of the molecule is COc1ccccc1/C=C/CN1CCOc2ccc(CN3CCC(O)CC3)cc2C1. The largest absolute Gasteiger partial charge is 0.496 e. The number of para-hydroxylation sites is 1. The van der Waals surface area contributed by atoms with E-state index >= 15 is 0 Å². The second-order valence-electron chi connectivity index (χ2n) is 8.18. The third kappa shape index (κ3) is 5.42. The van der Waals surface area contributed by atoms with Crippen LogP contribution in [0, 0.1) is 0 Å². The van der Waals surface area contributed by atoms with Gasteiger partial charge in [-0.1, -0.05) is 36.4 Å². The number of benzene rings is 2. The van der Waals surface area contributed by atoms with Crippen LogP contribution in [0.1, 0.15) is 29.5 Å². The van der Waals surface area contributed by atoms with Crippen molar-refractivity contribution in [3.63, 3.8) is 0 Å². The van der Waals surface area contributed by atoms with E-state index in [0.29, 0.717) is 6.61 Å². The number of fused-ring (bicyclic) bond motifs is 1. The van der Waals surface area contributed by atoms with Crippen LogP contribution < -0.4 is 9.47 Å². The van der Waals surface area contributed by atoms with E-state index in [0.717, 1.165) is 69.2 Å². The number of nitrogens with zero attached hydrogens (tertiary/aromatic N) is 2. The number of ether oxygens (including phenoxy) is 2. The first-order valence-corrected chi connectivity index (χ1v) is 10.9. The molecule has 1 saturated heterocycles. The Labute approximate surface area is 179 Å². The van der Waals surface area contributed by atoms with Gasteiger partial charge in [-0.25, -0.2) is 0 Å². The molecule has 0 bridgehead atoms. The van der Waals surface area contributed by atoms with Gasteiger partial charge in [0.15, 0.2) is 0 Å². The van der Waals surface area contributed by atoms with Crippen LogP contribution in [-0.2, 0) is 13.1 Å². The summed E-state index contributed by atoms with van der Waals surface area (Å²) in [5.74, 6) is 1.90. The van der Waals surface area contributed by atoms with Crippen LogP contribution in [0.3, 0.4) is 0 Å². The van der Waals surface area contributed by atoms with E-state index in [9.17, 15) is 5.11 Å². The molecule has 2 aliphatic rings. The lowest BCUT2D eigenvalue weighted by atomic mass is 10.1. The predicted molar refractivity (Wildman–Crippen MR) is 120 cm³/mol. The Morgan fingerprint density at radius 1 is 1.10 bits per heavy atom. The summed E-state index contributed by atoms with van der Waals surface area (Å²) in [6.45, 7) is 6.24. The Morgan fingerprint density at radius 2 is 1.93 bits per heavy atom. The van der Waals surface area contributed by atoms with Crippen LogP contribution in [0.2, 0.25) is 0 Å². The first-order valence-electron chi connectivity index (χ1n) is 10.9. The second-order valence-corrected chi connectivity index (χ2v) is 8.18. The van der Waals surface area contributed by atoms with Crippen molar-refractivity contribution in [3.05, 3.63) is 65.2 Å². The van der Waals surface area contributed by atoms with Gasteiger partial charge >= 0.3 is 0 Å². The monoisotopic (exact) mass is 408 g/mol. The van der Waals surface area contributed by atoms with Gasteiger partial charge in [0.1, 0.15) is 18.1 Å². The van der Waals surface area contributed by atoms with Crippen LogP contribution >= 0.6 is 0 Å². The highest BCUT2D eigenvalue weighted by Gasteiger charge is 2.19. The Morgan fingerprint density at radius 3 is 2.77 bits per heavy atom. The second kappa shape index (κ2) is 10.1. The number of aliphatic hydroxyl groups excluding tert-OH is 1. The van der Waals surface area contributed by atoms with Gasteiger partial charge in [-0.2, -0.15) is 0 Å². The molecule has 1 N–H and O–H groups in total. The minimum Gasteiger partial charge on any atom is -0.496 e. The Hall–Kier alpha value is -2.34. The van der Waals surface area contributed by atoms with E-state index in [1.165, 1.54) is 11.1 Å². The molecule has 0 saturated carbocycles. The highest BCUT2D eigenvalue weighted by atomic mass is 16.5. The maximum atomic E-state index is 9.72. The lowest BCUT2D eigenvalue weighted by Crippen LogP contribution is -2.35. The maximum Gasteiger partial charge on any atom is 0.126 e. The standard InChI is InChI=1S/C25H32N2O3/c1-29-24-7-3-2-5-21(24)6-4-12-26-15-16-30-25-9-8-20(17-22(25)19-26)18-27-13-10-23(28)11-14-27/h2-9,17,23,28H,10-16,18-19H2,1H3/b6-4+. The summed E-state index contributed by atoms with van der Waals surface area (Å²) in [6.07, 6.45) is 5.96. The Balaban J connectivity index is 1.39. The van der Waals surface area contributed by atoms with Gasteiger partial charge in [-0.15, -0.1) is 0 Å². The summed E-state index contributed by atoms with van der Waals surface area (Å²) in [5.41, 5.74) is 3.67. The van der Waals surface area contributed by atoms with Crippen molar-refractivity contribution < 1.29 is 14.6 Å². The Kier molecular flexibility index (Phi) is 7.05. The molecule has 2 heterocycles. The number of rotatable bonds is 6. The van der Waals surface area contributed by atoms with Crippen LogP contribution in [0.25, 0.3) is 6.08 Å². The van der Waals surface area contributed by atoms with Crippen LogP contribution in [0.5, 0.6) is 11.5 Å². The molecule has 0 aliphatic carbocycles. The third-order valence-electron chi connectivity index (χ3n) is 5.95. The zero-order valence-corrected chi connectivity index (χ0v) is 17.8. The molecule has 5 nitrogen and oxygen atoms in total. The molecule has 2 aromatic rings. The fourth-order valence-electron chi connectivity index (χ4n) is 4.22. The molecular weight excluding hydrogens is 376 g/mol. The molecule has 0 radical (unpaired) electrons. The molecule has 0 unspecified atom stereocenters. The molecule has 2 aliphatic heterocycles. The molecule has 1 fully saturated rings. The average molecular weight is 409 g/mol. The summed E-state index contributed by atoms with van der Waals surface area (Å²) in [5, 5.41) is 9.72. The molecule has 160 valence electrons. The number of piperidine rings is 1. The van der Waals surface area contributed by atoms with Gasteiger partial charge in [0.25, 0.3) is 0 Å². The minimum absolute atomic E-state index is 0.126. The molecule has 0 amide bonds. The molecule has 30 heavy (non-hydrogen) atoms. The van der Waals surface area contributed by atoms with Crippen LogP contribution in [0.4, 0.5) is 0 Å². The van der Waals surface area contributed by atoms with Gasteiger partial charge in [0.2, 0.25) is 0 Å². The van der Waals surface area contributed by atoms with Crippen molar-refractivity contribution in [1.29, 1.82) is 0 Å². The molecule has 0 atom stereocenters. The molecule has 2 aromatic carbocycles. The first kappa shape index (κ1) is 20.9. The van der Waals surface area contributed by atoms with E-state index in [2.05, 4.69) is 46.2 Å². The maximum absolute atomic E-state index is 9.72. The van der Waals surface area contributed by atoms with E-state index in [1.807, 2.05) is 18.2 Å². The van der Waals surface area contributed by atoms with Gasteiger partial charge in [-0.05, 0) is 36.6 Å². The van der Waals surface area contributed by atoms with Gasteiger partial charge in [0, 0.05) is 50.4 Å². The summed E-state index contributed by atoms with van der Waals surface area (Å²) < 4.78 is 11.4. The summed E-state index contributed by atoms with van der Waals surface area (Å²) in [7, 11) is 1.71. The van der Waals surface area contributed by atoms with Crippen molar-refractivity contribution >= 4 is 6.08 Å². The van der Waals surface area contributed by atoms with Crippen LogP contribution in [0.15, 0.2) is 48.5 Å². The number of methoxy groups -OCH3 is 1. The smallest absolute Gasteiger partial charge is 0.126 e. The van der Waals surface area contributed by atoms with E-state index in [1.54, 1.807) is 7.11 Å². The number of likely N-dealkylation sites (tertiary alicyclic amines) is 1. The summed E-state index contributed by atoms with van der Waals surface area (Å²) >= 11 is 0. The number of hydrogen-bond acceptors (Lipinski definition) is 5. The molecule has 0 aromatic heterocycles.